The standard InChI is InChI=1S/C39H51NO10/c1-3-38(41)47-26-12-8-7-11-24-45-33-15-13-31(14-16-33)39(42)50-36-21-22-37(32(27-36)28-40)49-30-48-35-19-17-34(18-20-35)46-25-10-6-5-9-23-44-29-43-4-2/h3-4,13-16,21-22,27,34-35H,1-2,5-12,17-20,23-26,29-30H2. The first-order valence-corrected chi connectivity index (χ1v) is 17.5. The van der Waals surface area contributed by atoms with E-state index in [2.05, 4.69) is 19.2 Å². The van der Waals surface area contributed by atoms with Gasteiger partial charge >= 0.3 is 11.9 Å². The summed E-state index contributed by atoms with van der Waals surface area (Å²) in [5.74, 6) is 0.292. The first-order chi connectivity index (χ1) is 24.5. The largest absolute Gasteiger partial charge is 0.494 e. The fourth-order valence-electron chi connectivity index (χ4n) is 5.24. The van der Waals surface area contributed by atoms with Gasteiger partial charge in [-0.3, -0.25) is 0 Å². The van der Waals surface area contributed by atoms with E-state index in [1.54, 1.807) is 36.4 Å². The molecule has 1 saturated carbocycles. The van der Waals surface area contributed by atoms with Gasteiger partial charge in [0.15, 0.2) is 13.6 Å². The van der Waals surface area contributed by atoms with E-state index in [9.17, 15) is 14.9 Å². The number of esters is 2. The first-order valence-electron chi connectivity index (χ1n) is 17.5. The molecule has 0 atom stereocenters. The molecule has 0 bridgehead atoms. The molecular weight excluding hydrogens is 642 g/mol. The van der Waals surface area contributed by atoms with E-state index in [1.807, 2.05) is 0 Å². The molecule has 272 valence electrons. The number of unbranched alkanes of at least 4 members (excludes halogenated alkanes) is 6. The number of rotatable bonds is 26. The fraction of sp³-hybridized carbons (Fsp3) is 0.513. The van der Waals surface area contributed by atoms with Crippen LogP contribution in [0.15, 0.2) is 68.0 Å². The van der Waals surface area contributed by atoms with Crippen molar-refractivity contribution in [1.82, 2.24) is 0 Å². The molecule has 11 nitrogen and oxygen atoms in total. The average Bonchev–Trinajstić information content (AvgIpc) is 3.14. The first kappa shape index (κ1) is 40.1. The molecule has 0 radical (unpaired) electrons. The Morgan fingerprint density at radius 3 is 2.06 bits per heavy atom. The minimum absolute atomic E-state index is 0.0229. The van der Waals surface area contributed by atoms with E-state index in [4.69, 9.17) is 37.9 Å². The molecule has 0 spiro atoms. The number of hydrogen-bond acceptors (Lipinski definition) is 11. The Morgan fingerprint density at radius 2 is 1.38 bits per heavy atom. The summed E-state index contributed by atoms with van der Waals surface area (Å²) in [6.07, 6.45) is 14.3. The van der Waals surface area contributed by atoms with Crippen molar-refractivity contribution in [1.29, 1.82) is 5.26 Å². The topological polar surface area (TPSA) is 132 Å². The molecule has 3 rings (SSSR count). The molecule has 0 unspecified atom stereocenters. The summed E-state index contributed by atoms with van der Waals surface area (Å²) in [5.41, 5.74) is 0.596. The zero-order chi connectivity index (χ0) is 35.7. The van der Waals surface area contributed by atoms with E-state index in [0.717, 1.165) is 89.7 Å². The molecule has 0 aromatic heterocycles. The molecule has 1 aliphatic carbocycles. The number of nitriles is 1. The molecule has 1 fully saturated rings. The van der Waals surface area contributed by atoms with Crippen molar-refractivity contribution in [3.63, 3.8) is 0 Å². The van der Waals surface area contributed by atoms with E-state index >= 15 is 0 Å². The predicted molar refractivity (Wildman–Crippen MR) is 187 cm³/mol. The van der Waals surface area contributed by atoms with Crippen molar-refractivity contribution < 1.29 is 47.5 Å². The van der Waals surface area contributed by atoms with Crippen LogP contribution in [0.25, 0.3) is 0 Å². The van der Waals surface area contributed by atoms with Crippen molar-refractivity contribution >= 4 is 11.9 Å². The third kappa shape index (κ3) is 16.4. The molecule has 0 saturated heterocycles. The maximum atomic E-state index is 12.7. The second kappa shape index (κ2) is 24.7. The van der Waals surface area contributed by atoms with E-state index in [0.29, 0.717) is 36.9 Å². The van der Waals surface area contributed by atoms with Crippen LogP contribution in [0.5, 0.6) is 17.2 Å². The number of ether oxygens (including phenoxy) is 8. The van der Waals surface area contributed by atoms with Gasteiger partial charge in [0.25, 0.3) is 0 Å². The minimum Gasteiger partial charge on any atom is -0.494 e. The van der Waals surface area contributed by atoms with Crippen LogP contribution in [0.1, 0.15) is 93.0 Å². The smallest absolute Gasteiger partial charge is 0.343 e. The van der Waals surface area contributed by atoms with E-state index < -0.39 is 11.9 Å². The van der Waals surface area contributed by atoms with Crippen molar-refractivity contribution in [3.05, 3.63) is 79.1 Å². The van der Waals surface area contributed by atoms with Crippen LogP contribution in [-0.2, 0) is 28.5 Å². The number of carbonyl (C=O) groups is 2. The zero-order valence-electron chi connectivity index (χ0n) is 29.0. The van der Waals surface area contributed by atoms with E-state index in [-0.39, 0.29) is 37.1 Å². The second-order valence-corrected chi connectivity index (χ2v) is 11.8. The Bertz CT molecular complexity index is 1330. The van der Waals surface area contributed by atoms with Gasteiger partial charge in [0, 0.05) is 18.7 Å². The van der Waals surface area contributed by atoms with Crippen molar-refractivity contribution in [3.8, 4) is 23.3 Å². The maximum Gasteiger partial charge on any atom is 0.343 e. The van der Waals surface area contributed by atoms with Gasteiger partial charge in [0.2, 0.25) is 0 Å². The van der Waals surface area contributed by atoms with Crippen LogP contribution in [0.3, 0.4) is 0 Å². The summed E-state index contributed by atoms with van der Waals surface area (Å²) >= 11 is 0. The van der Waals surface area contributed by atoms with Crippen LogP contribution >= 0.6 is 0 Å². The molecule has 50 heavy (non-hydrogen) atoms. The van der Waals surface area contributed by atoms with Gasteiger partial charge in [0.1, 0.15) is 23.3 Å². The third-order valence-corrected chi connectivity index (χ3v) is 8.04. The van der Waals surface area contributed by atoms with Crippen LogP contribution < -0.4 is 14.2 Å². The Hall–Kier alpha value is -4.37. The van der Waals surface area contributed by atoms with Crippen LogP contribution in [0.4, 0.5) is 0 Å². The van der Waals surface area contributed by atoms with Gasteiger partial charge in [-0.05, 0) is 101 Å². The molecule has 1 aliphatic rings. The van der Waals surface area contributed by atoms with Gasteiger partial charge < -0.3 is 37.9 Å². The van der Waals surface area contributed by atoms with Crippen molar-refractivity contribution in [2.45, 2.75) is 89.3 Å². The Labute approximate surface area is 296 Å². The summed E-state index contributed by atoms with van der Waals surface area (Å²) < 4.78 is 44.2. The lowest BCUT2D eigenvalue weighted by molar-refractivity contribution is -0.137. The van der Waals surface area contributed by atoms with E-state index in [1.165, 1.54) is 12.3 Å². The zero-order valence-corrected chi connectivity index (χ0v) is 29.0. The number of nitrogens with zero attached hydrogens (tertiary/aromatic N) is 1. The number of carbonyl (C=O) groups excluding carboxylic acids is 2. The molecule has 11 heteroatoms. The lowest BCUT2D eigenvalue weighted by Crippen LogP contribution is -2.27. The van der Waals surface area contributed by atoms with Crippen LogP contribution in [0, 0.1) is 11.3 Å². The Kier molecular flexibility index (Phi) is 19.8. The SMILES string of the molecule is C=COCOCCCCCCOC1CCC(OCOc2ccc(OC(=O)c3ccc(OCCCCCCOC(=O)C=C)cc3)cc2C#N)CC1. The lowest BCUT2D eigenvalue weighted by Gasteiger charge is -2.28. The average molecular weight is 694 g/mol. The predicted octanol–water partition coefficient (Wildman–Crippen LogP) is 7.82. The van der Waals surface area contributed by atoms with Crippen LogP contribution in [0.2, 0.25) is 0 Å². The van der Waals surface area contributed by atoms with Crippen molar-refractivity contribution in [2.24, 2.45) is 0 Å². The lowest BCUT2D eigenvalue weighted by atomic mass is 9.95. The molecule has 2 aromatic rings. The highest BCUT2D eigenvalue weighted by atomic mass is 16.7. The second-order valence-electron chi connectivity index (χ2n) is 11.8. The maximum absolute atomic E-state index is 12.7. The Morgan fingerprint density at radius 1 is 0.740 bits per heavy atom. The third-order valence-electron chi connectivity index (χ3n) is 8.04. The van der Waals surface area contributed by atoms with Gasteiger partial charge in [-0.25, -0.2) is 9.59 Å². The molecule has 0 heterocycles. The molecule has 0 N–H and O–H groups in total. The molecule has 2 aromatic carbocycles. The van der Waals surface area contributed by atoms with Crippen molar-refractivity contribution in [2.75, 3.05) is 40.0 Å². The molecule has 0 aliphatic heterocycles. The molecular formula is C39H51NO10. The number of hydrogen-bond donors (Lipinski definition) is 0. The highest BCUT2D eigenvalue weighted by molar-refractivity contribution is 5.91. The van der Waals surface area contributed by atoms with Gasteiger partial charge in [-0.15, -0.1) is 0 Å². The summed E-state index contributed by atoms with van der Waals surface area (Å²) in [6.45, 7) is 9.51. The summed E-state index contributed by atoms with van der Waals surface area (Å²) in [6, 6.07) is 13.5. The normalized spacial score (nSPS) is 15.3. The van der Waals surface area contributed by atoms with Gasteiger partial charge in [-0.1, -0.05) is 26.0 Å². The number of benzene rings is 2. The minimum atomic E-state index is -0.550. The quantitative estimate of drug-likeness (QED) is 0.0239. The van der Waals surface area contributed by atoms with Crippen LogP contribution in [-0.4, -0.2) is 64.2 Å². The molecule has 0 amide bonds. The summed E-state index contributed by atoms with van der Waals surface area (Å²) in [4.78, 5) is 23.7. The van der Waals surface area contributed by atoms with Gasteiger partial charge in [0.05, 0.1) is 49.4 Å². The summed E-state index contributed by atoms with van der Waals surface area (Å²) in [7, 11) is 0. The highest BCUT2D eigenvalue weighted by Gasteiger charge is 2.22. The van der Waals surface area contributed by atoms with Gasteiger partial charge in [-0.2, -0.15) is 5.26 Å². The fourth-order valence-corrected chi connectivity index (χ4v) is 5.24. The highest BCUT2D eigenvalue weighted by Crippen LogP contribution is 2.27. The Balaban J connectivity index is 1.27. The monoisotopic (exact) mass is 693 g/mol. The summed E-state index contributed by atoms with van der Waals surface area (Å²) in [5, 5.41) is 9.67.